The summed E-state index contributed by atoms with van der Waals surface area (Å²) in [5.74, 6) is -2.07. The second-order valence-corrected chi connectivity index (χ2v) is 5.77. The highest BCUT2D eigenvalue weighted by atomic mass is 19.1. The van der Waals surface area contributed by atoms with Crippen molar-refractivity contribution in [2.75, 3.05) is 13.9 Å². The number of amides is 1. The Morgan fingerprint density at radius 1 is 1.24 bits per heavy atom. The quantitative estimate of drug-likeness (QED) is 0.751. The van der Waals surface area contributed by atoms with Crippen LogP contribution in [-0.4, -0.2) is 36.4 Å². The predicted octanol–water partition coefficient (Wildman–Crippen LogP) is 2.94. The molecule has 0 radical (unpaired) electrons. The Morgan fingerprint density at radius 2 is 1.96 bits per heavy atom. The fourth-order valence-corrected chi connectivity index (χ4v) is 2.36. The zero-order valence-electron chi connectivity index (χ0n) is 14.3. The lowest BCUT2D eigenvalue weighted by Crippen LogP contribution is -2.51. The lowest BCUT2D eigenvalue weighted by Gasteiger charge is -2.25. The molecule has 0 aliphatic heterocycles. The summed E-state index contributed by atoms with van der Waals surface area (Å²) in [7, 11) is 1.42. The monoisotopic (exact) mass is 349 g/mol. The van der Waals surface area contributed by atoms with Crippen molar-refractivity contribution in [3.05, 3.63) is 41.7 Å². The molecule has 25 heavy (non-hydrogen) atoms. The molecule has 6 nitrogen and oxygen atoms in total. The number of fused-ring (bicyclic) bond motifs is 1. The van der Waals surface area contributed by atoms with Crippen LogP contribution in [0.25, 0.3) is 10.8 Å². The average molecular weight is 349 g/mol. The number of carbonyl (C=O) groups excluding carboxylic acids is 1. The van der Waals surface area contributed by atoms with E-state index in [0.717, 1.165) is 0 Å². The van der Waals surface area contributed by atoms with Gasteiger partial charge in [0.15, 0.2) is 6.79 Å². The summed E-state index contributed by atoms with van der Waals surface area (Å²) in [6, 6.07) is 7.30. The van der Waals surface area contributed by atoms with Crippen molar-refractivity contribution in [3.8, 4) is 5.75 Å². The van der Waals surface area contributed by atoms with E-state index in [1.807, 2.05) is 0 Å². The van der Waals surface area contributed by atoms with Crippen molar-refractivity contribution >= 4 is 22.6 Å². The van der Waals surface area contributed by atoms with Crippen LogP contribution >= 0.6 is 0 Å². The third kappa shape index (κ3) is 3.71. The van der Waals surface area contributed by atoms with Crippen LogP contribution in [0, 0.1) is 5.82 Å². The fourth-order valence-electron chi connectivity index (χ4n) is 2.36. The predicted molar refractivity (Wildman–Crippen MR) is 90.2 cm³/mol. The number of carboxylic acid groups (broad SMARTS) is 1. The minimum atomic E-state index is -1.42. The van der Waals surface area contributed by atoms with Crippen LogP contribution in [-0.2, 0) is 9.53 Å². The SMILES string of the molecule is CCC(C)(NC(=O)c1ccc2c(F)cccc2c1OCOC)C(=O)O. The van der Waals surface area contributed by atoms with Gasteiger partial charge in [-0.25, -0.2) is 9.18 Å². The van der Waals surface area contributed by atoms with Gasteiger partial charge in [0.05, 0.1) is 5.56 Å². The number of benzene rings is 2. The molecule has 2 aromatic rings. The minimum absolute atomic E-state index is 0.107. The minimum Gasteiger partial charge on any atom is -0.480 e. The number of nitrogens with one attached hydrogen (secondary N) is 1. The van der Waals surface area contributed by atoms with Gasteiger partial charge in [-0.15, -0.1) is 0 Å². The largest absolute Gasteiger partial charge is 0.480 e. The zero-order valence-corrected chi connectivity index (χ0v) is 14.3. The van der Waals surface area contributed by atoms with Crippen molar-refractivity contribution < 1.29 is 28.6 Å². The number of carbonyl (C=O) groups is 2. The molecule has 0 spiro atoms. The summed E-state index contributed by atoms with van der Waals surface area (Å²) >= 11 is 0. The van der Waals surface area contributed by atoms with Crippen LogP contribution in [0.2, 0.25) is 0 Å². The van der Waals surface area contributed by atoms with E-state index in [1.54, 1.807) is 13.0 Å². The van der Waals surface area contributed by atoms with Crippen molar-refractivity contribution in [2.45, 2.75) is 25.8 Å². The molecule has 0 aliphatic carbocycles. The molecule has 0 aromatic heterocycles. The highest BCUT2D eigenvalue weighted by Crippen LogP contribution is 2.32. The van der Waals surface area contributed by atoms with E-state index in [4.69, 9.17) is 9.47 Å². The summed E-state index contributed by atoms with van der Waals surface area (Å²) in [6.07, 6.45) is 0.199. The van der Waals surface area contributed by atoms with Gasteiger partial charge < -0.3 is 19.9 Å². The van der Waals surface area contributed by atoms with E-state index in [2.05, 4.69) is 5.32 Å². The highest BCUT2D eigenvalue weighted by molar-refractivity contribution is 6.05. The van der Waals surface area contributed by atoms with Crippen molar-refractivity contribution in [2.24, 2.45) is 0 Å². The molecule has 2 aromatic carbocycles. The summed E-state index contributed by atoms with van der Waals surface area (Å²) in [5.41, 5.74) is -1.32. The van der Waals surface area contributed by atoms with E-state index in [9.17, 15) is 19.1 Å². The Morgan fingerprint density at radius 3 is 2.56 bits per heavy atom. The summed E-state index contributed by atoms with van der Waals surface area (Å²) < 4.78 is 24.4. The van der Waals surface area contributed by atoms with Crippen LogP contribution in [0.3, 0.4) is 0 Å². The number of methoxy groups -OCH3 is 1. The molecule has 0 saturated carbocycles. The number of aliphatic carboxylic acids is 1. The van der Waals surface area contributed by atoms with Crippen molar-refractivity contribution in [3.63, 3.8) is 0 Å². The molecule has 2 rings (SSSR count). The van der Waals surface area contributed by atoms with Crippen LogP contribution in [0.5, 0.6) is 5.75 Å². The Kier molecular flexibility index (Phi) is 5.58. The van der Waals surface area contributed by atoms with Crippen LogP contribution in [0.1, 0.15) is 30.6 Å². The molecule has 0 heterocycles. The van der Waals surface area contributed by atoms with Gasteiger partial charge in [0.1, 0.15) is 17.1 Å². The van der Waals surface area contributed by atoms with E-state index in [1.165, 1.54) is 38.3 Å². The van der Waals surface area contributed by atoms with Gasteiger partial charge in [0, 0.05) is 17.9 Å². The van der Waals surface area contributed by atoms with Gasteiger partial charge in [-0.05, 0) is 25.5 Å². The standard InChI is InChI=1S/C18H20FNO5/c1-4-18(2,17(22)23)20-16(21)13-9-8-11-12(6-5-7-14(11)19)15(13)25-10-24-3/h5-9H,4,10H2,1-3H3,(H,20,21)(H,22,23). The molecule has 0 saturated heterocycles. The number of ether oxygens (including phenoxy) is 2. The smallest absolute Gasteiger partial charge is 0.329 e. The maximum Gasteiger partial charge on any atom is 0.329 e. The lowest BCUT2D eigenvalue weighted by molar-refractivity contribution is -0.143. The third-order valence-corrected chi connectivity index (χ3v) is 4.09. The molecule has 134 valence electrons. The van der Waals surface area contributed by atoms with Crippen molar-refractivity contribution in [1.82, 2.24) is 5.32 Å². The maximum absolute atomic E-state index is 14.0. The van der Waals surface area contributed by atoms with Gasteiger partial charge >= 0.3 is 5.97 Å². The lowest BCUT2D eigenvalue weighted by atomic mass is 9.97. The topological polar surface area (TPSA) is 84.9 Å². The number of halogens is 1. The second-order valence-electron chi connectivity index (χ2n) is 5.77. The first-order valence-electron chi connectivity index (χ1n) is 7.73. The number of hydrogen-bond donors (Lipinski definition) is 2. The third-order valence-electron chi connectivity index (χ3n) is 4.09. The number of rotatable bonds is 7. The Bertz CT molecular complexity index is 807. The number of hydrogen-bond acceptors (Lipinski definition) is 4. The zero-order chi connectivity index (χ0) is 18.6. The number of carboxylic acids is 1. The molecule has 2 N–H and O–H groups in total. The van der Waals surface area contributed by atoms with Crippen LogP contribution < -0.4 is 10.1 Å². The van der Waals surface area contributed by atoms with E-state index in [0.29, 0.717) is 10.8 Å². The van der Waals surface area contributed by atoms with Crippen molar-refractivity contribution in [1.29, 1.82) is 0 Å². The Balaban J connectivity index is 2.52. The molecule has 1 atom stereocenters. The molecule has 1 amide bonds. The van der Waals surface area contributed by atoms with E-state index < -0.39 is 23.2 Å². The Hall–Kier alpha value is -2.67. The van der Waals surface area contributed by atoms with E-state index >= 15 is 0 Å². The average Bonchev–Trinajstić information content (AvgIpc) is 2.59. The first-order valence-corrected chi connectivity index (χ1v) is 7.73. The second kappa shape index (κ2) is 7.48. The van der Waals surface area contributed by atoms with Gasteiger partial charge in [-0.1, -0.05) is 25.1 Å². The molecule has 0 bridgehead atoms. The van der Waals surface area contributed by atoms with Crippen LogP contribution in [0.15, 0.2) is 30.3 Å². The van der Waals surface area contributed by atoms with Gasteiger partial charge in [0.2, 0.25) is 0 Å². The summed E-state index contributed by atoms with van der Waals surface area (Å²) in [6.45, 7) is 2.94. The maximum atomic E-state index is 14.0. The van der Waals surface area contributed by atoms with E-state index in [-0.39, 0.29) is 24.5 Å². The van der Waals surface area contributed by atoms with Gasteiger partial charge in [-0.2, -0.15) is 0 Å². The summed E-state index contributed by atoms with van der Waals surface area (Å²) in [4.78, 5) is 24.1. The molecule has 1 unspecified atom stereocenters. The molecule has 0 fully saturated rings. The normalized spacial score (nSPS) is 13.3. The van der Waals surface area contributed by atoms with Gasteiger partial charge in [-0.3, -0.25) is 4.79 Å². The first-order chi connectivity index (χ1) is 11.8. The van der Waals surface area contributed by atoms with Crippen LogP contribution in [0.4, 0.5) is 4.39 Å². The fraction of sp³-hybridized carbons (Fsp3) is 0.333. The first kappa shape index (κ1) is 18.7. The highest BCUT2D eigenvalue weighted by Gasteiger charge is 2.34. The van der Waals surface area contributed by atoms with Gasteiger partial charge in [0.25, 0.3) is 5.91 Å². The molecular formula is C18H20FNO5. The molecular weight excluding hydrogens is 329 g/mol. The molecule has 0 aliphatic rings. The Labute approximate surface area is 144 Å². The summed E-state index contributed by atoms with van der Waals surface area (Å²) in [5, 5.41) is 12.5. The molecule has 7 heteroatoms.